The topological polar surface area (TPSA) is 20.3 Å². The number of likely N-dealkylation sites (N-methyl/N-ethyl adjacent to an activating group) is 1. The molecule has 0 saturated heterocycles. The highest BCUT2D eigenvalue weighted by Crippen LogP contribution is 2.21. The molecular formula is C21H37NO. The molecule has 0 aliphatic rings. The Morgan fingerprint density at radius 1 is 1.26 bits per heavy atom. The molecule has 0 fully saturated rings. The summed E-state index contributed by atoms with van der Waals surface area (Å²) in [5, 5.41) is 0. The van der Waals surface area contributed by atoms with Crippen LogP contribution in [0.25, 0.3) is 0 Å². The summed E-state index contributed by atoms with van der Waals surface area (Å²) in [4.78, 5) is 14.2. The third-order valence-electron chi connectivity index (χ3n) is 4.53. The SMILES string of the molecule is C=CC(C/C(C)=C\C)C(=C)CN(C)C(=O)CC(C)CCCCC. The van der Waals surface area contributed by atoms with Crippen LogP contribution in [0, 0.1) is 11.8 Å². The zero-order chi connectivity index (χ0) is 17.8. The number of allylic oxidation sites excluding steroid dienone is 3. The minimum absolute atomic E-state index is 0.223. The molecule has 0 bridgehead atoms. The van der Waals surface area contributed by atoms with Crippen molar-refractivity contribution in [1.29, 1.82) is 0 Å². The first-order chi connectivity index (χ1) is 10.8. The van der Waals surface area contributed by atoms with Gasteiger partial charge in [0, 0.05) is 25.9 Å². The maximum absolute atomic E-state index is 12.4. The van der Waals surface area contributed by atoms with Gasteiger partial charge < -0.3 is 4.90 Å². The quantitative estimate of drug-likeness (QED) is 0.330. The van der Waals surface area contributed by atoms with E-state index in [1.165, 1.54) is 24.8 Å². The number of amides is 1. The molecule has 0 aliphatic carbocycles. The van der Waals surface area contributed by atoms with Crippen molar-refractivity contribution < 1.29 is 4.79 Å². The fourth-order valence-electron chi connectivity index (χ4n) is 2.67. The zero-order valence-electron chi connectivity index (χ0n) is 16.0. The standard InChI is InChI=1S/C21H37NO/c1-8-11-12-13-18(5)15-21(23)22(7)16-19(6)20(10-3)14-17(4)9-2/h9-10,18,20H,3,6,8,11-16H2,1-2,4-5,7H3/b17-9-. The molecule has 0 N–H and O–H groups in total. The van der Waals surface area contributed by atoms with E-state index in [0.717, 1.165) is 18.4 Å². The van der Waals surface area contributed by atoms with Crippen LogP contribution < -0.4 is 0 Å². The van der Waals surface area contributed by atoms with Gasteiger partial charge in [0.05, 0.1) is 0 Å². The van der Waals surface area contributed by atoms with Crippen molar-refractivity contribution in [3.63, 3.8) is 0 Å². The lowest BCUT2D eigenvalue weighted by atomic mass is 9.92. The molecule has 2 atom stereocenters. The van der Waals surface area contributed by atoms with E-state index in [9.17, 15) is 4.79 Å². The van der Waals surface area contributed by atoms with E-state index in [1.807, 2.05) is 24.9 Å². The smallest absolute Gasteiger partial charge is 0.222 e. The predicted octanol–water partition coefficient (Wildman–Crippen LogP) is 5.77. The summed E-state index contributed by atoms with van der Waals surface area (Å²) in [7, 11) is 1.88. The summed E-state index contributed by atoms with van der Waals surface area (Å²) < 4.78 is 0. The van der Waals surface area contributed by atoms with E-state index in [-0.39, 0.29) is 11.8 Å². The number of carbonyl (C=O) groups is 1. The van der Waals surface area contributed by atoms with Gasteiger partial charge in [0.25, 0.3) is 0 Å². The zero-order valence-corrected chi connectivity index (χ0v) is 16.0. The van der Waals surface area contributed by atoms with Crippen molar-refractivity contribution in [3.8, 4) is 0 Å². The number of hydrogen-bond acceptors (Lipinski definition) is 1. The monoisotopic (exact) mass is 319 g/mol. The molecule has 0 spiro atoms. The fraction of sp³-hybridized carbons (Fsp3) is 0.667. The Kier molecular flexibility index (Phi) is 11.5. The van der Waals surface area contributed by atoms with Crippen LogP contribution in [0.2, 0.25) is 0 Å². The van der Waals surface area contributed by atoms with Crippen LogP contribution in [0.15, 0.2) is 36.5 Å². The fourth-order valence-corrected chi connectivity index (χ4v) is 2.67. The summed E-state index contributed by atoms with van der Waals surface area (Å²) in [6.07, 6.45) is 10.5. The molecule has 0 aromatic rings. The summed E-state index contributed by atoms with van der Waals surface area (Å²) >= 11 is 0. The van der Waals surface area contributed by atoms with Gasteiger partial charge in [0.1, 0.15) is 0 Å². The van der Waals surface area contributed by atoms with Crippen molar-refractivity contribution >= 4 is 5.91 Å². The molecule has 132 valence electrons. The molecule has 0 radical (unpaired) electrons. The highest BCUT2D eigenvalue weighted by molar-refractivity contribution is 5.76. The minimum atomic E-state index is 0.223. The summed E-state index contributed by atoms with van der Waals surface area (Å²) in [6, 6.07) is 0. The van der Waals surface area contributed by atoms with Gasteiger partial charge in [-0.25, -0.2) is 0 Å². The van der Waals surface area contributed by atoms with Gasteiger partial charge in [-0.2, -0.15) is 0 Å². The van der Waals surface area contributed by atoms with E-state index in [4.69, 9.17) is 0 Å². The van der Waals surface area contributed by atoms with Gasteiger partial charge >= 0.3 is 0 Å². The molecule has 0 rings (SSSR count). The maximum Gasteiger partial charge on any atom is 0.222 e. The predicted molar refractivity (Wildman–Crippen MR) is 102 cm³/mol. The lowest BCUT2D eigenvalue weighted by Crippen LogP contribution is -2.31. The lowest BCUT2D eigenvalue weighted by Gasteiger charge is -2.24. The lowest BCUT2D eigenvalue weighted by molar-refractivity contribution is -0.130. The maximum atomic E-state index is 12.4. The largest absolute Gasteiger partial charge is 0.342 e. The van der Waals surface area contributed by atoms with Crippen LogP contribution in [0.5, 0.6) is 0 Å². The van der Waals surface area contributed by atoms with Gasteiger partial charge in [-0.15, -0.1) is 6.58 Å². The van der Waals surface area contributed by atoms with Crippen LogP contribution in [0.1, 0.15) is 66.2 Å². The first kappa shape index (κ1) is 21.7. The Morgan fingerprint density at radius 3 is 2.43 bits per heavy atom. The number of unbranched alkanes of at least 4 members (excludes halogenated alkanes) is 2. The first-order valence-corrected chi connectivity index (χ1v) is 9.01. The van der Waals surface area contributed by atoms with Crippen LogP contribution in [-0.4, -0.2) is 24.4 Å². The number of nitrogens with zero attached hydrogens (tertiary/aromatic N) is 1. The Labute approximate surface area is 144 Å². The van der Waals surface area contributed by atoms with Crippen molar-refractivity contribution in [2.75, 3.05) is 13.6 Å². The second kappa shape index (κ2) is 12.2. The van der Waals surface area contributed by atoms with E-state index in [0.29, 0.717) is 18.9 Å². The third kappa shape index (κ3) is 9.43. The number of rotatable bonds is 12. The molecule has 1 amide bonds. The van der Waals surface area contributed by atoms with Gasteiger partial charge in [-0.05, 0) is 26.2 Å². The molecule has 2 unspecified atom stereocenters. The molecule has 0 aromatic heterocycles. The molecule has 0 aromatic carbocycles. The Morgan fingerprint density at radius 2 is 1.91 bits per heavy atom. The Balaban J connectivity index is 4.38. The van der Waals surface area contributed by atoms with Crippen LogP contribution in [0.4, 0.5) is 0 Å². The highest BCUT2D eigenvalue weighted by atomic mass is 16.2. The first-order valence-electron chi connectivity index (χ1n) is 9.01. The molecular weight excluding hydrogens is 282 g/mol. The number of hydrogen-bond donors (Lipinski definition) is 0. The van der Waals surface area contributed by atoms with Gasteiger partial charge in [-0.3, -0.25) is 4.79 Å². The van der Waals surface area contributed by atoms with Gasteiger partial charge in [0.15, 0.2) is 0 Å². The van der Waals surface area contributed by atoms with Crippen molar-refractivity contribution in [2.24, 2.45) is 11.8 Å². The third-order valence-corrected chi connectivity index (χ3v) is 4.53. The van der Waals surface area contributed by atoms with Crippen LogP contribution in [-0.2, 0) is 4.79 Å². The van der Waals surface area contributed by atoms with Crippen LogP contribution >= 0.6 is 0 Å². The highest BCUT2D eigenvalue weighted by Gasteiger charge is 2.17. The Hall–Kier alpha value is -1.31. The molecule has 0 saturated carbocycles. The second-order valence-electron chi connectivity index (χ2n) is 6.89. The molecule has 23 heavy (non-hydrogen) atoms. The summed E-state index contributed by atoms with van der Waals surface area (Å²) in [5.41, 5.74) is 2.39. The molecule has 2 heteroatoms. The average Bonchev–Trinajstić information content (AvgIpc) is 2.52. The average molecular weight is 320 g/mol. The van der Waals surface area contributed by atoms with E-state index >= 15 is 0 Å². The van der Waals surface area contributed by atoms with Crippen molar-refractivity contribution in [3.05, 3.63) is 36.5 Å². The molecule has 0 heterocycles. The summed E-state index contributed by atoms with van der Waals surface area (Å²) in [5.74, 6) is 0.925. The normalized spacial score (nSPS) is 14.2. The van der Waals surface area contributed by atoms with Gasteiger partial charge in [-0.1, -0.05) is 69.4 Å². The second-order valence-corrected chi connectivity index (χ2v) is 6.89. The molecule has 0 aliphatic heterocycles. The molecule has 2 nitrogen and oxygen atoms in total. The Bertz CT molecular complexity index is 408. The minimum Gasteiger partial charge on any atom is -0.342 e. The van der Waals surface area contributed by atoms with Crippen molar-refractivity contribution in [2.45, 2.75) is 66.2 Å². The van der Waals surface area contributed by atoms with E-state index in [2.05, 4.69) is 40.0 Å². The number of carbonyl (C=O) groups excluding carboxylic acids is 1. The van der Waals surface area contributed by atoms with Crippen molar-refractivity contribution in [1.82, 2.24) is 4.90 Å². The summed E-state index contributed by atoms with van der Waals surface area (Å²) in [6.45, 7) is 17.3. The van der Waals surface area contributed by atoms with Gasteiger partial charge in [0.2, 0.25) is 5.91 Å². The van der Waals surface area contributed by atoms with E-state index < -0.39 is 0 Å². The van der Waals surface area contributed by atoms with Crippen LogP contribution in [0.3, 0.4) is 0 Å². The van der Waals surface area contributed by atoms with E-state index in [1.54, 1.807) is 0 Å².